The second-order valence-corrected chi connectivity index (χ2v) is 7.39. The third-order valence-corrected chi connectivity index (χ3v) is 4.18. The number of nitrogens with two attached hydrogens (primary N) is 1. The Bertz CT molecular complexity index is 597. The molecule has 1 aromatic heterocycles. The maximum absolute atomic E-state index is 13.9. The fraction of sp³-hybridized carbons (Fsp3) is 0.438. The highest BCUT2D eigenvalue weighted by Gasteiger charge is 2.27. The molecule has 2 N–H and O–H groups in total. The quantitative estimate of drug-likeness (QED) is 0.928. The number of rotatable bonds is 3. The van der Waals surface area contributed by atoms with Crippen LogP contribution in [0.5, 0.6) is 0 Å². The number of halogens is 1. The zero-order valence-electron chi connectivity index (χ0n) is 12.4. The molecule has 0 bridgehead atoms. The van der Waals surface area contributed by atoms with Gasteiger partial charge in [-0.05, 0) is 13.0 Å². The molecule has 108 valence electrons. The van der Waals surface area contributed by atoms with Gasteiger partial charge in [-0.2, -0.15) is 0 Å². The second-order valence-electron chi connectivity index (χ2n) is 6.45. The van der Waals surface area contributed by atoms with Crippen LogP contribution in [0.3, 0.4) is 0 Å². The molecule has 0 aliphatic carbocycles. The number of hydrogen-bond donors (Lipinski definition) is 1. The van der Waals surface area contributed by atoms with Crippen molar-refractivity contribution in [2.24, 2.45) is 5.73 Å². The number of aromatic nitrogens is 1. The van der Waals surface area contributed by atoms with Crippen molar-refractivity contribution < 1.29 is 4.39 Å². The summed E-state index contributed by atoms with van der Waals surface area (Å²) in [5.41, 5.74) is 7.18. The van der Waals surface area contributed by atoms with Gasteiger partial charge in [-0.25, -0.2) is 9.37 Å². The lowest BCUT2D eigenvalue weighted by molar-refractivity contribution is 0.454. The molecule has 2 aromatic rings. The minimum absolute atomic E-state index is 0.0255. The SMILES string of the molecule is CC(C)(C)c1csc(CC(C)(N)c2ccccc2F)n1. The Balaban J connectivity index is 2.25. The Morgan fingerprint density at radius 3 is 2.40 bits per heavy atom. The summed E-state index contributed by atoms with van der Waals surface area (Å²) < 4.78 is 13.9. The van der Waals surface area contributed by atoms with Crippen molar-refractivity contribution in [3.8, 4) is 0 Å². The number of thiazole rings is 1. The zero-order chi connectivity index (χ0) is 15.0. The number of benzene rings is 1. The molecule has 0 fully saturated rings. The molecule has 2 rings (SSSR count). The molecule has 1 aromatic carbocycles. The Hall–Kier alpha value is -1.26. The highest BCUT2D eigenvalue weighted by molar-refractivity contribution is 7.09. The Kier molecular flexibility index (Phi) is 3.98. The lowest BCUT2D eigenvalue weighted by Crippen LogP contribution is -2.36. The van der Waals surface area contributed by atoms with E-state index in [0.29, 0.717) is 12.0 Å². The van der Waals surface area contributed by atoms with Gasteiger partial charge in [-0.15, -0.1) is 11.3 Å². The van der Waals surface area contributed by atoms with E-state index in [2.05, 4.69) is 31.1 Å². The summed E-state index contributed by atoms with van der Waals surface area (Å²) in [5.74, 6) is -0.259. The van der Waals surface area contributed by atoms with Gasteiger partial charge < -0.3 is 5.73 Å². The molecule has 4 heteroatoms. The molecule has 0 saturated carbocycles. The maximum Gasteiger partial charge on any atom is 0.128 e. The first-order valence-electron chi connectivity index (χ1n) is 6.69. The molecule has 0 radical (unpaired) electrons. The summed E-state index contributed by atoms with van der Waals surface area (Å²) in [6.07, 6.45) is 0.536. The van der Waals surface area contributed by atoms with Gasteiger partial charge in [0.05, 0.1) is 10.7 Å². The summed E-state index contributed by atoms with van der Waals surface area (Å²) in [6, 6.07) is 6.68. The Morgan fingerprint density at radius 2 is 1.85 bits per heavy atom. The predicted molar refractivity (Wildman–Crippen MR) is 82.5 cm³/mol. The van der Waals surface area contributed by atoms with Crippen LogP contribution in [-0.2, 0) is 17.4 Å². The molecule has 1 atom stereocenters. The average Bonchev–Trinajstić information content (AvgIpc) is 2.76. The van der Waals surface area contributed by atoms with Crippen LogP contribution < -0.4 is 5.73 Å². The highest BCUT2D eigenvalue weighted by atomic mass is 32.1. The van der Waals surface area contributed by atoms with Crippen LogP contribution in [0.4, 0.5) is 4.39 Å². The van der Waals surface area contributed by atoms with E-state index in [9.17, 15) is 4.39 Å². The molecular weight excluding hydrogens is 271 g/mol. The van der Waals surface area contributed by atoms with Crippen LogP contribution in [0.1, 0.15) is 44.0 Å². The number of nitrogens with zero attached hydrogens (tertiary/aromatic N) is 1. The van der Waals surface area contributed by atoms with Gasteiger partial charge in [-0.1, -0.05) is 39.0 Å². The third kappa shape index (κ3) is 3.25. The van der Waals surface area contributed by atoms with Gasteiger partial charge in [0.15, 0.2) is 0 Å². The summed E-state index contributed by atoms with van der Waals surface area (Å²) >= 11 is 1.59. The van der Waals surface area contributed by atoms with E-state index in [0.717, 1.165) is 10.7 Å². The lowest BCUT2D eigenvalue weighted by Gasteiger charge is -2.24. The van der Waals surface area contributed by atoms with E-state index in [-0.39, 0.29) is 11.2 Å². The first-order chi connectivity index (χ1) is 9.20. The Morgan fingerprint density at radius 1 is 1.20 bits per heavy atom. The summed E-state index contributed by atoms with van der Waals surface area (Å²) in [6.45, 7) is 8.24. The highest BCUT2D eigenvalue weighted by Crippen LogP contribution is 2.29. The topological polar surface area (TPSA) is 38.9 Å². The van der Waals surface area contributed by atoms with Gasteiger partial charge in [0.1, 0.15) is 5.82 Å². The molecule has 0 saturated heterocycles. The minimum Gasteiger partial charge on any atom is -0.321 e. The van der Waals surface area contributed by atoms with Crippen LogP contribution >= 0.6 is 11.3 Å². The molecule has 20 heavy (non-hydrogen) atoms. The Labute approximate surface area is 123 Å². The van der Waals surface area contributed by atoms with Crippen molar-refractivity contribution >= 4 is 11.3 Å². The zero-order valence-corrected chi connectivity index (χ0v) is 13.2. The largest absolute Gasteiger partial charge is 0.321 e. The molecular formula is C16H21FN2S. The van der Waals surface area contributed by atoms with Crippen molar-refractivity contribution in [3.63, 3.8) is 0 Å². The molecule has 0 spiro atoms. The van der Waals surface area contributed by atoms with Crippen LogP contribution in [0.25, 0.3) is 0 Å². The fourth-order valence-electron chi connectivity index (χ4n) is 2.07. The van der Waals surface area contributed by atoms with E-state index in [1.807, 2.05) is 13.0 Å². The molecule has 1 unspecified atom stereocenters. The van der Waals surface area contributed by atoms with Crippen LogP contribution in [-0.4, -0.2) is 4.98 Å². The standard InChI is InChI=1S/C16H21FN2S/c1-15(2,3)13-10-20-14(19-13)9-16(4,18)11-7-5-6-8-12(11)17/h5-8,10H,9,18H2,1-4H3. The molecule has 0 aliphatic rings. The van der Waals surface area contributed by atoms with E-state index < -0.39 is 5.54 Å². The van der Waals surface area contributed by atoms with Gasteiger partial charge in [0.2, 0.25) is 0 Å². The first kappa shape index (κ1) is 15.1. The lowest BCUT2D eigenvalue weighted by atomic mass is 9.89. The van der Waals surface area contributed by atoms with Crippen LogP contribution in [0.15, 0.2) is 29.6 Å². The normalized spacial score (nSPS) is 15.1. The minimum atomic E-state index is -0.752. The van der Waals surface area contributed by atoms with E-state index in [1.165, 1.54) is 6.07 Å². The molecule has 0 aliphatic heterocycles. The molecule has 2 nitrogen and oxygen atoms in total. The number of hydrogen-bond acceptors (Lipinski definition) is 3. The maximum atomic E-state index is 13.9. The van der Waals surface area contributed by atoms with Gasteiger partial charge in [0, 0.05) is 28.3 Å². The molecule has 0 amide bonds. The van der Waals surface area contributed by atoms with Crippen molar-refractivity contribution in [3.05, 3.63) is 51.7 Å². The summed E-state index contributed by atoms with van der Waals surface area (Å²) in [4.78, 5) is 4.64. The third-order valence-electron chi connectivity index (χ3n) is 3.33. The van der Waals surface area contributed by atoms with Crippen molar-refractivity contribution in [2.45, 2.75) is 45.1 Å². The smallest absolute Gasteiger partial charge is 0.128 e. The van der Waals surface area contributed by atoms with Crippen molar-refractivity contribution in [1.29, 1.82) is 0 Å². The van der Waals surface area contributed by atoms with Crippen molar-refractivity contribution in [1.82, 2.24) is 4.98 Å². The molecule has 1 heterocycles. The monoisotopic (exact) mass is 292 g/mol. The van der Waals surface area contributed by atoms with E-state index in [1.54, 1.807) is 23.5 Å². The second kappa shape index (κ2) is 5.26. The fourth-order valence-corrected chi connectivity index (χ4v) is 3.26. The van der Waals surface area contributed by atoms with Gasteiger partial charge in [-0.3, -0.25) is 0 Å². The van der Waals surface area contributed by atoms with Gasteiger partial charge >= 0.3 is 0 Å². The first-order valence-corrected chi connectivity index (χ1v) is 7.57. The van der Waals surface area contributed by atoms with E-state index in [4.69, 9.17) is 5.73 Å². The summed E-state index contributed by atoms with van der Waals surface area (Å²) in [5, 5.41) is 3.01. The van der Waals surface area contributed by atoms with E-state index >= 15 is 0 Å². The van der Waals surface area contributed by atoms with Crippen molar-refractivity contribution in [2.75, 3.05) is 0 Å². The van der Waals surface area contributed by atoms with Gasteiger partial charge in [0.25, 0.3) is 0 Å². The predicted octanol–water partition coefficient (Wildman–Crippen LogP) is 4.00. The summed E-state index contributed by atoms with van der Waals surface area (Å²) in [7, 11) is 0. The van der Waals surface area contributed by atoms with Crippen LogP contribution in [0, 0.1) is 5.82 Å². The average molecular weight is 292 g/mol. The van der Waals surface area contributed by atoms with Crippen LogP contribution in [0.2, 0.25) is 0 Å².